The molecule has 1 fully saturated rings. The van der Waals surface area contributed by atoms with Gasteiger partial charge in [0.25, 0.3) is 0 Å². The first-order valence-corrected chi connectivity index (χ1v) is 11.8. The molecular weight excluding hydrogens is 458 g/mol. The predicted octanol–water partition coefficient (Wildman–Crippen LogP) is 4.38. The number of halogens is 2. The molecule has 0 bridgehead atoms. The molecule has 0 aliphatic carbocycles. The van der Waals surface area contributed by atoms with E-state index < -0.39 is 35.4 Å². The summed E-state index contributed by atoms with van der Waals surface area (Å²) in [6, 6.07) is 2.25. The molecule has 1 saturated heterocycles. The third-order valence-electron chi connectivity index (χ3n) is 6.86. The van der Waals surface area contributed by atoms with Crippen LogP contribution in [0.2, 0.25) is 0 Å². The Morgan fingerprint density at radius 2 is 1.97 bits per heavy atom. The fourth-order valence-corrected chi connectivity index (χ4v) is 5.40. The van der Waals surface area contributed by atoms with Gasteiger partial charge in [0.2, 0.25) is 0 Å². The normalized spacial score (nSPS) is 22.8. The molecule has 2 aliphatic rings. The standard InChI is InChI=1S/C25H32F2N4O4/c1-6-30-21-12-29(11-19(21)28-23(30)14(2)32)16-10-20(31(24(33)34)25(3,4)5)22(35-13-16)17-9-15(26)7-8-18(17)27/h7-9,16,20,22H,6,10-13H2,1-5H3,(H,33,34)/t16-,20+,22-/m1/s1. The number of rotatable bonds is 5. The molecule has 1 aromatic heterocycles. The Bertz CT molecular complexity index is 1140. The molecule has 3 heterocycles. The highest BCUT2D eigenvalue weighted by Gasteiger charge is 2.46. The zero-order chi connectivity index (χ0) is 25.7. The van der Waals surface area contributed by atoms with Crippen LogP contribution in [0.1, 0.15) is 74.7 Å². The van der Waals surface area contributed by atoms with Gasteiger partial charge in [-0.1, -0.05) is 0 Å². The summed E-state index contributed by atoms with van der Waals surface area (Å²) in [5.74, 6) is -0.884. The number of ether oxygens (including phenoxy) is 1. The van der Waals surface area contributed by atoms with Gasteiger partial charge in [0.05, 0.1) is 24.0 Å². The smallest absolute Gasteiger partial charge is 0.408 e. The number of hydrogen-bond donors (Lipinski definition) is 1. The van der Waals surface area contributed by atoms with Crippen molar-refractivity contribution in [2.24, 2.45) is 0 Å². The van der Waals surface area contributed by atoms with E-state index in [0.29, 0.717) is 31.9 Å². The molecule has 35 heavy (non-hydrogen) atoms. The first kappa shape index (κ1) is 25.2. The number of benzene rings is 1. The highest BCUT2D eigenvalue weighted by molar-refractivity contribution is 5.90. The van der Waals surface area contributed by atoms with Crippen LogP contribution in [0, 0.1) is 11.6 Å². The molecule has 0 unspecified atom stereocenters. The van der Waals surface area contributed by atoms with Gasteiger partial charge in [-0.05, 0) is 52.3 Å². The second-order valence-electron chi connectivity index (χ2n) is 10.2. The maximum absolute atomic E-state index is 14.7. The molecule has 3 atom stereocenters. The van der Waals surface area contributed by atoms with Crippen LogP contribution in [-0.4, -0.2) is 60.6 Å². The number of hydrogen-bond acceptors (Lipinski definition) is 5. The minimum absolute atomic E-state index is 0.0128. The van der Waals surface area contributed by atoms with E-state index >= 15 is 0 Å². The minimum atomic E-state index is -1.15. The maximum atomic E-state index is 14.7. The van der Waals surface area contributed by atoms with Crippen LogP contribution < -0.4 is 0 Å². The molecule has 10 heteroatoms. The molecule has 1 N–H and O–H groups in total. The van der Waals surface area contributed by atoms with Gasteiger partial charge < -0.3 is 14.4 Å². The fourth-order valence-electron chi connectivity index (χ4n) is 5.40. The molecule has 4 rings (SSSR count). The Labute approximate surface area is 203 Å². The Morgan fingerprint density at radius 3 is 2.57 bits per heavy atom. The van der Waals surface area contributed by atoms with Gasteiger partial charge in [-0.15, -0.1) is 0 Å². The molecule has 0 radical (unpaired) electrons. The third-order valence-corrected chi connectivity index (χ3v) is 6.86. The number of imidazole rings is 1. The van der Waals surface area contributed by atoms with Gasteiger partial charge in [0, 0.05) is 43.7 Å². The number of nitrogens with zero attached hydrogens (tertiary/aromatic N) is 4. The summed E-state index contributed by atoms with van der Waals surface area (Å²) in [6.07, 6.45) is -1.72. The van der Waals surface area contributed by atoms with E-state index in [4.69, 9.17) is 4.74 Å². The first-order chi connectivity index (χ1) is 16.4. The molecule has 190 valence electrons. The summed E-state index contributed by atoms with van der Waals surface area (Å²) in [4.78, 5) is 32.3. The lowest BCUT2D eigenvalue weighted by atomic mass is 9.88. The second-order valence-corrected chi connectivity index (χ2v) is 10.2. The number of Topliss-reactive ketones (excluding diaryl/α,β-unsaturated/α-hetero) is 1. The molecule has 8 nitrogen and oxygen atoms in total. The van der Waals surface area contributed by atoms with Crippen LogP contribution in [0.4, 0.5) is 13.6 Å². The van der Waals surface area contributed by atoms with Crippen LogP contribution >= 0.6 is 0 Å². The van der Waals surface area contributed by atoms with E-state index in [9.17, 15) is 23.5 Å². The van der Waals surface area contributed by atoms with Gasteiger partial charge in [-0.25, -0.2) is 18.6 Å². The number of carboxylic acid groups (broad SMARTS) is 1. The van der Waals surface area contributed by atoms with Gasteiger partial charge >= 0.3 is 6.09 Å². The molecular formula is C25H32F2N4O4. The van der Waals surface area contributed by atoms with Crippen molar-refractivity contribution in [3.8, 4) is 0 Å². The maximum Gasteiger partial charge on any atom is 0.408 e. The van der Waals surface area contributed by atoms with Crippen molar-refractivity contribution in [1.82, 2.24) is 19.4 Å². The van der Waals surface area contributed by atoms with E-state index in [1.54, 1.807) is 20.8 Å². The van der Waals surface area contributed by atoms with Crippen molar-refractivity contribution < 1.29 is 28.2 Å². The number of amides is 1. The lowest BCUT2D eigenvalue weighted by Gasteiger charge is -2.48. The molecule has 0 saturated carbocycles. The van der Waals surface area contributed by atoms with Crippen molar-refractivity contribution in [2.75, 3.05) is 6.61 Å². The van der Waals surface area contributed by atoms with E-state index in [1.165, 1.54) is 11.8 Å². The number of carbonyl (C=O) groups excluding carboxylic acids is 1. The van der Waals surface area contributed by atoms with Crippen LogP contribution in [0.15, 0.2) is 18.2 Å². The van der Waals surface area contributed by atoms with Crippen molar-refractivity contribution in [1.29, 1.82) is 0 Å². The van der Waals surface area contributed by atoms with Crippen molar-refractivity contribution in [2.45, 2.75) is 84.4 Å². The second kappa shape index (κ2) is 9.31. The lowest BCUT2D eigenvalue weighted by Crippen LogP contribution is -2.58. The van der Waals surface area contributed by atoms with Gasteiger partial charge in [-0.3, -0.25) is 14.6 Å². The summed E-state index contributed by atoms with van der Waals surface area (Å²) >= 11 is 0. The molecule has 2 aliphatic heterocycles. The highest BCUT2D eigenvalue weighted by Crippen LogP contribution is 2.39. The van der Waals surface area contributed by atoms with Crippen molar-refractivity contribution in [3.05, 3.63) is 52.6 Å². The minimum Gasteiger partial charge on any atom is -0.465 e. The molecule has 2 aromatic rings. The van der Waals surface area contributed by atoms with Gasteiger partial charge in [-0.2, -0.15) is 0 Å². The topological polar surface area (TPSA) is 87.9 Å². The zero-order valence-electron chi connectivity index (χ0n) is 20.7. The highest BCUT2D eigenvalue weighted by atomic mass is 19.1. The summed E-state index contributed by atoms with van der Waals surface area (Å²) in [7, 11) is 0. The number of ketones is 1. The number of aromatic nitrogens is 2. The Balaban J connectivity index is 1.65. The van der Waals surface area contributed by atoms with Crippen LogP contribution in [0.3, 0.4) is 0 Å². The largest absolute Gasteiger partial charge is 0.465 e. The van der Waals surface area contributed by atoms with Gasteiger partial charge in [0.15, 0.2) is 11.6 Å². The van der Waals surface area contributed by atoms with Crippen molar-refractivity contribution in [3.63, 3.8) is 0 Å². The SMILES string of the molecule is CCn1c(C(C)=O)nc2c1CN([C@H]1CO[C@H](c3cc(F)ccc3F)[C@@H](N(C(=O)O)C(C)(C)C)C1)C2. The van der Waals surface area contributed by atoms with E-state index in [2.05, 4.69) is 9.88 Å². The summed E-state index contributed by atoms with van der Waals surface area (Å²) in [6.45, 7) is 10.7. The average molecular weight is 491 g/mol. The molecule has 1 aromatic carbocycles. The van der Waals surface area contributed by atoms with E-state index in [0.717, 1.165) is 29.6 Å². The fraction of sp³-hybridized carbons (Fsp3) is 0.560. The zero-order valence-corrected chi connectivity index (χ0v) is 20.7. The Kier molecular flexibility index (Phi) is 6.72. The van der Waals surface area contributed by atoms with Crippen LogP contribution in [0.5, 0.6) is 0 Å². The summed E-state index contributed by atoms with van der Waals surface area (Å²) in [5, 5.41) is 10.1. The summed E-state index contributed by atoms with van der Waals surface area (Å²) in [5.41, 5.74) is 1.02. The summed E-state index contributed by atoms with van der Waals surface area (Å²) < 4.78 is 36.8. The van der Waals surface area contributed by atoms with E-state index in [1.807, 2.05) is 11.5 Å². The quantitative estimate of drug-likeness (QED) is 0.626. The monoisotopic (exact) mass is 490 g/mol. The number of fused-ring (bicyclic) bond motifs is 1. The van der Waals surface area contributed by atoms with Crippen LogP contribution in [0.25, 0.3) is 0 Å². The molecule has 0 spiro atoms. The lowest BCUT2D eigenvalue weighted by molar-refractivity contribution is -0.103. The molecule has 1 amide bonds. The van der Waals surface area contributed by atoms with Crippen molar-refractivity contribution >= 4 is 11.9 Å². The Morgan fingerprint density at radius 1 is 1.26 bits per heavy atom. The first-order valence-electron chi connectivity index (χ1n) is 11.8. The van der Waals surface area contributed by atoms with Gasteiger partial charge in [0.1, 0.15) is 17.7 Å². The van der Waals surface area contributed by atoms with E-state index in [-0.39, 0.29) is 24.0 Å². The average Bonchev–Trinajstić information content (AvgIpc) is 3.32. The number of carbonyl (C=O) groups is 2. The predicted molar refractivity (Wildman–Crippen MR) is 124 cm³/mol. The van der Waals surface area contributed by atoms with Crippen LogP contribution in [-0.2, 0) is 24.4 Å². The third kappa shape index (κ3) is 4.69. The Hall–Kier alpha value is -2.85.